The molecule has 1 aromatic heterocycles. The van der Waals surface area contributed by atoms with Gasteiger partial charge in [-0.25, -0.2) is 9.97 Å². The topological polar surface area (TPSA) is 72.1 Å². The number of nitrogen functional groups attached to an aromatic ring is 1. The number of nitrogens with zero attached hydrogens (tertiary/aromatic N) is 3. The summed E-state index contributed by atoms with van der Waals surface area (Å²) in [7, 11) is 0. The highest BCUT2D eigenvalue weighted by atomic mass is 16.1. The summed E-state index contributed by atoms with van der Waals surface area (Å²) in [5, 5.41) is 0. The van der Waals surface area contributed by atoms with E-state index in [9.17, 15) is 4.79 Å². The molecular formula is C14H22N4O. The lowest BCUT2D eigenvalue weighted by molar-refractivity contribution is -0.124. The average molecular weight is 262 g/mol. The van der Waals surface area contributed by atoms with Crippen molar-refractivity contribution in [1.82, 2.24) is 14.9 Å². The number of carbonyl (C=O) groups excluding carboxylic acids is 1. The van der Waals surface area contributed by atoms with E-state index in [0.717, 1.165) is 50.9 Å². The first-order valence-electron chi connectivity index (χ1n) is 7.00. The number of ketones is 1. The number of anilines is 1. The molecule has 104 valence electrons. The van der Waals surface area contributed by atoms with Gasteiger partial charge in [-0.15, -0.1) is 0 Å². The van der Waals surface area contributed by atoms with Crippen molar-refractivity contribution in [3.05, 3.63) is 18.0 Å². The predicted molar refractivity (Wildman–Crippen MR) is 74.4 cm³/mol. The summed E-state index contributed by atoms with van der Waals surface area (Å²) in [6.07, 6.45) is 7.20. The quantitative estimate of drug-likeness (QED) is 0.873. The fraction of sp³-hybridized carbons (Fsp3) is 0.643. The van der Waals surface area contributed by atoms with Crippen molar-refractivity contribution in [2.75, 3.05) is 18.8 Å². The molecule has 0 unspecified atom stereocenters. The van der Waals surface area contributed by atoms with Crippen LogP contribution in [0.2, 0.25) is 0 Å². The van der Waals surface area contributed by atoms with Crippen molar-refractivity contribution in [1.29, 1.82) is 0 Å². The lowest BCUT2D eigenvalue weighted by Gasteiger charge is -2.31. The van der Waals surface area contributed by atoms with E-state index in [-0.39, 0.29) is 5.92 Å². The maximum atomic E-state index is 11.8. The van der Waals surface area contributed by atoms with Crippen LogP contribution in [-0.2, 0) is 11.3 Å². The van der Waals surface area contributed by atoms with Gasteiger partial charge in [0.15, 0.2) is 0 Å². The minimum atomic E-state index is 0.277. The van der Waals surface area contributed by atoms with Crippen LogP contribution in [0.25, 0.3) is 0 Å². The number of carbonyl (C=O) groups is 1. The Morgan fingerprint density at radius 2 is 2.00 bits per heavy atom. The van der Waals surface area contributed by atoms with Gasteiger partial charge < -0.3 is 5.73 Å². The molecule has 5 heteroatoms. The Labute approximate surface area is 114 Å². The van der Waals surface area contributed by atoms with Crippen LogP contribution in [0.1, 0.15) is 38.2 Å². The summed E-state index contributed by atoms with van der Waals surface area (Å²) < 4.78 is 0. The highest BCUT2D eigenvalue weighted by Gasteiger charge is 2.24. The minimum Gasteiger partial charge on any atom is -0.368 e. The SMILES string of the molecule is CCCC(=O)C1CCN(Cc2cnc(N)nc2)CC1. The second-order valence-corrected chi connectivity index (χ2v) is 5.22. The molecule has 2 N–H and O–H groups in total. The molecule has 0 atom stereocenters. The van der Waals surface area contributed by atoms with E-state index in [4.69, 9.17) is 5.73 Å². The summed E-state index contributed by atoms with van der Waals surface area (Å²) >= 11 is 0. The molecule has 1 aliphatic rings. The second kappa shape index (κ2) is 6.61. The predicted octanol–water partition coefficient (Wildman–Crippen LogP) is 1.64. The lowest BCUT2D eigenvalue weighted by atomic mass is 9.90. The highest BCUT2D eigenvalue weighted by molar-refractivity contribution is 5.81. The lowest BCUT2D eigenvalue weighted by Crippen LogP contribution is -2.35. The molecule has 2 rings (SSSR count). The molecule has 0 aromatic carbocycles. The van der Waals surface area contributed by atoms with Gasteiger partial charge in [-0.2, -0.15) is 0 Å². The molecule has 0 aliphatic carbocycles. The van der Waals surface area contributed by atoms with Crippen LogP contribution in [0.4, 0.5) is 5.95 Å². The number of aromatic nitrogens is 2. The number of rotatable bonds is 5. The number of nitrogens with two attached hydrogens (primary N) is 1. The molecule has 5 nitrogen and oxygen atoms in total. The van der Waals surface area contributed by atoms with E-state index in [1.165, 1.54) is 0 Å². The van der Waals surface area contributed by atoms with Crippen molar-refractivity contribution in [2.45, 2.75) is 39.2 Å². The maximum Gasteiger partial charge on any atom is 0.219 e. The van der Waals surface area contributed by atoms with Gasteiger partial charge >= 0.3 is 0 Å². The molecule has 0 bridgehead atoms. The largest absolute Gasteiger partial charge is 0.368 e. The number of Topliss-reactive ketones (excluding diaryl/α,β-unsaturated/α-hetero) is 1. The van der Waals surface area contributed by atoms with Gasteiger partial charge in [0.1, 0.15) is 5.78 Å². The summed E-state index contributed by atoms with van der Waals surface area (Å²) in [6.45, 7) is 4.86. The second-order valence-electron chi connectivity index (χ2n) is 5.22. The van der Waals surface area contributed by atoms with Crippen molar-refractivity contribution < 1.29 is 4.79 Å². The average Bonchev–Trinajstić information content (AvgIpc) is 2.42. The van der Waals surface area contributed by atoms with Gasteiger partial charge in [0.25, 0.3) is 0 Å². The zero-order valence-corrected chi connectivity index (χ0v) is 11.5. The number of likely N-dealkylation sites (tertiary alicyclic amines) is 1. The Morgan fingerprint density at radius 3 is 2.58 bits per heavy atom. The molecule has 0 amide bonds. The van der Waals surface area contributed by atoms with E-state index in [2.05, 4.69) is 21.8 Å². The van der Waals surface area contributed by atoms with Crippen LogP contribution < -0.4 is 5.73 Å². The standard InChI is InChI=1S/C14H22N4O/c1-2-3-13(19)12-4-6-18(7-5-12)10-11-8-16-14(15)17-9-11/h8-9,12H,2-7,10H2,1H3,(H2,15,16,17). The van der Waals surface area contributed by atoms with Crippen LogP contribution >= 0.6 is 0 Å². The molecule has 1 aromatic rings. The number of piperidine rings is 1. The summed E-state index contributed by atoms with van der Waals surface area (Å²) in [4.78, 5) is 22.2. The highest BCUT2D eigenvalue weighted by Crippen LogP contribution is 2.21. The minimum absolute atomic E-state index is 0.277. The van der Waals surface area contributed by atoms with Crippen LogP contribution in [0.5, 0.6) is 0 Å². The zero-order chi connectivity index (χ0) is 13.7. The maximum absolute atomic E-state index is 11.8. The van der Waals surface area contributed by atoms with E-state index in [1.54, 1.807) is 12.4 Å². The first-order valence-corrected chi connectivity index (χ1v) is 7.00. The van der Waals surface area contributed by atoms with Gasteiger partial charge in [0.05, 0.1) is 0 Å². The van der Waals surface area contributed by atoms with Crippen LogP contribution in [0.15, 0.2) is 12.4 Å². The molecule has 1 saturated heterocycles. The van der Waals surface area contributed by atoms with Crippen molar-refractivity contribution in [2.24, 2.45) is 5.92 Å². The van der Waals surface area contributed by atoms with Gasteiger partial charge in [-0.3, -0.25) is 9.69 Å². The Morgan fingerprint density at radius 1 is 1.37 bits per heavy atom. The Bertz CT molecular complexity index is 410. The summed E-state index contributed by atoms with van der Waals surface area (Å²) in [6, 6.07) is 0. The molecular weight excluding hydrogens is 240 g/mol. The van der Waals surface area contributed by atoms with E-state index < -0.39 is 0 Å². The molecule has 2 heterocycles. The van der Waals surface area contributed by atoms with Gasteiger partial charge in [-0.1, -0.05) is 6.92 Å². The zero-order valence-electron chi connectivity index (χ0n) is 11.5. The fourth-order valence-corrected chi connectivity index (χ4v) is 2.57. The summed E-state index contributed by atoms with van der Waals surface area (Å²) in [5.41, 5.74) is 6.54. The Balaban J connectivity index is 1.80. The third kappa shape index (κ3) is 3.99. The van der Waals surface area contributed by atoms with E-state index >= 15 is 0 Å². The van der Waals surface area contributed by atoms with Gasteiger partial charge in [0.2, 0.25) is 5.95 Å². The summed E-state index contributed by atoms with van der Waals surface area (Å²) in [5.74, 6) is 1.03. The van der Waals surface area contributed by atoms with Crippen LogP contribution in [0.3, 0.4) is 0 Å². The molecule has 1 aliphatic heterocycles. The number of hydrogen-bond donors (Lipinski definition) is 1. The first-order chi connectivity index (χ1) is 9.19. The molecule has 0 saturated carbocycles. The smallest absolute Gasteiger partial charge is 0.219 e. The van der Waals surface area contributed by atoms with E-state index in [0.29, 0.717) is 11.7 Å². The van der Waals surface area contributed by atoms with Crippen LogP contribution in [-0.4, -0.2) is 33.7 Å². The van der Waals surface area contributed by atoms with Crippen molar-refractivity contribution in [3.8, 4) is 0 Å². The first kappa shape index (κ1) is 13.9. The van der Waals surface area contributed by atoms with E-state index in [1.807, 2.05) is 0 Å². The third-order valence-corrected chi connectivity index (χ3v) is 3.67. The number of hydrogen-bond acceptors (Lipinski definition) is 5. The van der Waals surface area contributed by atoms with Crippen molar-refractivity contribution >= 4 is 11.7 Å². The normalized spacial score (nSPS) is 17.5. The van der Waals surface area contributed by atoms with Crippen LogP contribution in [0, 0.1) is 5.92 Å². The van der Waals surface area contributed by atoms with Gasteiger partial charge in [0, 0.05) is 36.8 Å². The molecule has 1 fully saturated rings. The van der Waals surface area contributed by atoms with Gasteiger partial charge in [-0.05, 0) is 32.4 Å². The molecule has 0 spiro atoms. The monoisotopic (exact) mass is 262 g/mol. The molecule has 0 radical (unpaired) electrons. The molecule has 19 heavy (non-hydrogen) atoms. The Kier molecular flexibility index (Phi) is 4.85. The Hall–Kier alpha value is -1.49. The van der Waals surface area contributed by atoms with Crippen molar-refractivity contribution in [3.63, 3.8) is 0 Å². The third-order valence-electron chi connectivity index (χ3n) is 3.67. The fourth-order valence-electron chi connectivity index (χ4n) is 2.57.